The van der Waals surface area contributed by atoms with E-state index in [1.807, 2.05) is 13.8 Å². The molecule has 16 heavy (non-hydrogen) atoms. The lowest BCUT2D eigenvalue weighted by Crippen LogP contribution is -2.37. The maximum Gasteiger partial charge on any atom is 0.341 e. The molecule has 0 N–H and O–H groups in total. The summed E-state index contributed by atoms with van der Waals surface area (Å²) in [6, 6.07) is 0. The Hall–Kier alpha value is -0.570. The quantitative estimate of drug-likeness (QED) is 0.518. The van der Waals surface area contributed by atoms with Gasteiger partial charge in [-0.05, 0) is 26.2 Å². The Kier molecular flexibility index (Phi) is 4.00. The molecule has 1 heterocycles. The van der Waals surface area contributed by atoms with Crippen LogP contribution in [0.25, 0.3) is 0 Å². The normalized spacial score (nSPS) is 34.6. The van der Waals surface area contributed by atoms with Gasteiger partial charge in [-0.25, -0.2) is 4.79 Å². The molecule has 3 atom stereocenters. The van der Waals surface area contributed by atoms with Crippen LogP contribution in [-0.2, 0) is 14.3 Å². The van der Waals surface area contributed by atoms with Crippen molar-refractivity contribution in [3.05, 3.63) is 0 Å². The Labute approximate surface area is 98.5 Å². The highest BCUT2D eigenvalue weighted by atomic mass is 16.7. The predicted octanol–water partition coefficient (Wildman–Crippen LogP) is 2.92. The summed E-state index contributed by atoms with van der Waals surface area (Å²) in [5.74, 6) is 0.197. The zero-order valence-corrected chi connectivity index (χ0v) is 11.1. The first-order valence-corrected chi connectivity index (χ1v) is 6.35. The van der Waals surface area contributed by atoms with Gasteiger partial charge in [0.05, 0.1) is 6.61 Å². The van der Waals surface area contributed by atoms with Crippen molar-refractivity contribution in [3.8, 4) is 0 Å². The lowest BCUT2D eigenvalue weighted by Gasteiger charge is -2.19. The fourth-order valence-corrected chi connectivity index (χ4v) is 2.47. The van der Waals surface area contributed by atoms with Crippen LogP contribution in [0.5, 0.6) is 0 Å². The maximum atomic E-state index is 12.0. The topological polar surface area (TPSA) is 38.8 Å². The van der Waals surface area contributed by atoms with Crippen LogP contribution in [0.4, 0.5) is 0 Å². The summed E-state index contributed by atoms with van der Waals surface area (Å²) in [5.41, 5.74) is -1.00. The lowest BCUT2D eigenvalue weighted by molar-refractivity contribution is -0.150. The van der Waals surface area contributed by atoms with E-state index in [2.05, 4.69) is 20.8 Å². The van der Waals surface area contributed by atoms with E-state index in [4.69, 9.17) is 9.47 Å². The Balaban J connectivity index is 2.83. The van der Waals surface area contributed by atoms with Gasteiger partial charge in [-0.1, -0.05) is 33.6 Å². The number of epoxide rings is 1. The van der Waals surface area contributed by atoms with E-state index in [1.54, 1.807) is 0 Å². The molecule has 0 aliphatic carbocycles. The number of rotatable bonds is 6. The first-order chi connectivity index (χ1) is 7.48. The molecule has 1 aliphatic rings. The number of hydrogen-bond acceptors (Lipinski definition) is 3. The molecule has 0 spiro atoms. The molecule has 0 radical (unpaired) electrons. The van der Waals surface area contributed by atoms with Gasteiger partial charge in [-0.2, -0.15) is 0 Å². The van der Waals surface area contributed by atoms with E-state index in [9.17, 15) is 4.79 Å². The minimum atomic E-state index is -0.673. The van der Waals surface area contributed by atoms with Crippen LogP contribution in [0.3, 0.4) is 0 Å². The molecular formula is C13H24O3. The summed E-state index contributed by atoms with van der Waals surface area (Å²) in [5, 5.41) is 0. The average Bonchev–Trinajstić information content (AvgIpc) is 2.87. The SMILES string of the molecule is CCCC1(C(=O)OCC)OC1(C)C(C)CC. The van der Waals surface area contributed by atoms with Crippen molar-refractivity contribution >= 4 is 5.97 Å². The van der Waals surface area contributed by atoms with Crippen LogP contribution in [0.1, 0.15) is 53.9 Å². The molecule has 0 aromatic rings. The molecule has 1 rings (SSSR count). The van der Waals surface area contributed by atoms with E-state index in [0.717, 1.165) is 19.3 Å². The summed E-state index contributed by atoms with van der Waals surface area (Å²) >= 11 is 0. The Bertz CT molecular complexity index is 264. The molecule has 3 nitrogen and oxygen atoms in total. The monoisotopic (exact) mass is 228 g/mol. The third-order valence-corrected chi connectivity index (χ3v) is 3.91. The number of ether oxygens (including phenoxy) is 2. The molecule has 1 aliphatic heterocycles. The van der Waals surface area contributed by atoms with Crippen molar-refractivity contribution in [2.75, 3.05) is 6.61 Å². The minimum Gasteiger partial charge on any atom is -0.464 e. The predicted molar refractivity (Wildman–Crippen MR) is 63.2 cm³/mol. The summed E-state index contributed by atoms with van der Waals surface area (Å²) in [6.07, 6.45) is 2.71. The van der Waals surface area contributed by atoms with Crippen LogP contribution < -0.4 is 0 Å². The van der Waals surface area contributed by atoms with Gasteiger partial charge in [0.1, 0.15) is 5.60 Å². The zero-order chi connectivity index (χ0) is 12.4. The Morgan fingerprint density at radius 2 is 2.00 bits per heavy atom. The average molecular weight is 228 g/mol. The fraction of sp³-hybridized carbons (Fsp3) is 0.923. The lowest BCUT2D eigenvalue weighted by atomic mass is 9.80. The van der Waals surface area contributed by atoms with Gasteiger partial charge in [0.2, 0.25) is 0 Å². The third-order valence-electron chi connectivity index (χ3n) is 3.91. The van der Waals surface area contributed by atoms with Gasteiger partial charge in [-0.15, -0.1) is 0 Å². The van der Waals surface area contributed by atoms with Crippen molar-refractivity contribution in [1.82, 2.24) is 0 Å². The first-order valence-electron chi connectivity index (χ1n) is 6.35. The second kappa shape index (κ2) is 4.74. The molecular weight excluding hydrogens is 204 g/mol. The number of esters is 1. The van der Waals surface area contributed by atoms with E-state index in [-0.39, 0.29) is 11.6 Å². The van der Waals surface area contributed by atoms with Gasteiger partial charge in [0.15, 0.2) is 5.60 Å². The number of carbonyl (C=O) groups excluding carboxylic acids is 1. The van der Waals surface area contributed by atoms with Crippen LogP contribution in [-0.4, -0.2) is 23.8 Å². The van der Waals surface area contributed by atoms with Crippen molar-refractivity contribution in [3.63, 3.8) is 0 Å². The molecule has 1 saturated heterocycles. The van der Waals surface area contributed by atoms with Crippen molar-refractivity contribution < 1.29 is 14.3 Å². The summed E-state index contributed by atoms with van der Waals surface area (Å²) in [6.45, 7) is 10.6. The summed E-state index contributed by atoms with van der Waals surface area (Å²) in [7, 11) is 0. The number of carbonyl (C=O) groups is 1. The molecule has 0 aromatic heterocycles. The molecule has 0 aromatic carbocycles. The van der Waals surface area contributed by atoms with E-state index in [0.29, 0.717) is 12.5 Å². The fourth-order valence-electron chi connectivity index (χ4n) is 2.47. The Morgan fingerprint density at radius 1 is 1.38 bits per heavy atom. The highest BCUT2D eigenvalue weighted by Gasteiger charge is 2.73. The molecule has 94 valence electrons. The van der Waals surface area contributed by atoms with Gasteiger partial charge in [-0.3, -0.25) is 0 Å². The van der Waals surface area contributed by atoms with Crippen LogP contribution in [0.2, 0.25) is 0 Å². The molecule has 0 amide bonds. The Morgan fingerprint density at radius 3 is 2.44 bits per heavy atom. The van der Waals surface area contributed by atoms with Crippen molar-refractivity contribution in [1.29, 1.82) is 0 Å². The van der Waals surface area contributed by atoms with Crippen LogP contribution in [0.15, 0.2) is 0 Å². The molecule has 1 fully saturated rings. The minimum absolute atomic E-state index is 0.181. The molecule has 0 saturated carbocycles. The highest BCUT2D eigenvalue weighted by Crippen LogP contribution is 2.56. The summed E-state index contributed by atoms with van der Waals surface area (Å²) in [4.78, 5) is 12.0. The van der Waals surface area contributed by atoms with E-state index in [1.165, 1.54) is 0 Å². The smallest absolute Gasteiger partial charge is 0.341 e. The van der Waals surface area contributed by atoms with Gasteiger partial charge < -0.3 is 9.47 Å². The first kappa shape index (κ1) is 13.5. The standard InChI is InChI=1S/C13H24O3/c1-6-9-13(11(14)15-8-3)12(5,16-13)10(4)7-2/h10H,6-9H2,1-5H3. The van der Waals surface area contributed by atoms with Gasteiger partial charge in [0, 0.05) is 0 Å². The van der Waals surface area contributed by atoms with E-state index >= 15 is 0 Å². The second-order valence-electron chi connectivity index (χ2n) is 4.82. The zero-order valence-electron chi connectivity index (χ0n) is 11.1. The molecule has 3 heteroatoms. The second-order valence-corrected chi connectivity index (χ2v) is 4.82. The van der Waals surface area contributed by atoms with Gasteiger partial charge in [0.25, 0.3) is 0 Å². The highest BCUT2D eigenvalue weighted by molar-refractivity contribution is 5.85. The van der Waals surface area contributed by atoms with Gasteiger partial charge >= 0.3 is 5.97 Å². The third kappa shape index (κ3) is 1.86. The van der Waals surface area contributed by atoms with Crippen molar-refractivity contribution in [2.45, 2.75) is 65.1 Å². The molecule has 3 unspecified atom stereocenters. The molecule has 0 bridgehead atoms. The maximum absolute atomic E-state index is 12.0. The number of hydrogen-bond donors (Lipinski definition) is 0. The van der Waals surface area contributed by atoms with Crippen molar-refractivity contribution in [2.24, 2.45) is 5.92 Å². The largest absolute Gasteiger partial charge is 0.464 e. The van der Waals surface area contributed by atoms with Crippen LogP contribution >= 0.6 is 0 Å². The van der Waals surface area contributed by atoms with Crippen LogP contribution in [0, 0.1) is 5.92 Å². The summed E-state index contributed by atoms with van der Waals surface area (Å²) < 4.78 is 11.0. The van der Waals surface area contributed by atoms with E-state index < -0.39 is 5.60 Å².